The number of hydrogen-bond acceptors (Lipinski definition) is 3. The van der Waals surface area contributed by atoms with Gasteiger partial charge in [0.25, 0.3) is 0 Å². The molecule has 0 N–H and O–H groups in total. The molecule has 10 heavy (non-hydrogen) atoms. The lowest BCUT2D eigenvalue weighted by molar-refractivity contribution is -0.131. The van der Waals surface area contributed by atoms with Crippen LogP contribution in [0.2, 0.25) is 0 Å². The lowest BCUT2D eigenvalue weighted by Crippen LogP contribution is -2.00. The highest BCUT2D eigenvalue weighted by molar-refractivity contribution is 5.68. The van der Waals surface area contributed by atoms with E-state index in [1.54, 1.807) is 6.07 Å². The number of aromatic nitrogens is 1. The SMILES string of the molecule is CC(=O)Oc1[c]cncc1. The Labute approximate surface area is 58.7 Å². The van der Waals surface area contributed by atoms with Crippen molar-refractivity contribution in [3.63, 3.8) is 0 Å². The number of carbonyl (C=O) groups excluding carboxylic acids is 1. The third kappa shape index (κ3) is 1.85. The van der Waals surface area contributed by atoms with Gasteiger partial charge >= 0.3 is 5.97 Å². The van der Waals surface area contributed by atoms with Gasteiger partial charge in [0.2, 0.25) is 0 Å². The fourth-order valence-corrected chi connectivity index (χ4v) is 0.521. The summed E-state index contributed by atoms with van der Waals surface area (Å²) < 4.78 is 4.68. The predicted octanol–water partition coefficient (Wildman–Crippen LogP) is 0.807. The van der Waals surface area contributed by atoms with Crippen molar-refractivity contribution in [2.75, 3.05) is 0 Å². The van der Waals surface area contributed by atoms with Crippen molar-refractivity contribution in [1.29, 1.82) is 0 Å². The second kappa shape index (κ2) is 2.96. The van der Waals surface area contributed by atoms with Gasteiger partial charge in [0.15, 0.2) is 0 Å². The Morgan fingerprint density at radius 2 is 2.60 bits per heavy atom. The third-order valence-corrected chi connectivity index (χ3v) is 0.847. The summed E-state index contributed by atoms with van der Waals surface area (Å²) in [5.41, 5.74) is 0. The lowest BCUT2D eigenvalue weighted by atomic mass is 10.4. The fraction of sp³-hybridized carbons (Fsp3) is 0.143. The Kier molecular flexibility index (Phi) is 1.99. The predicted molar refractivity (Wildman–Crippen MR) is 34.4 cm³/mol. The second-order valence-corrected chi connectivity index (χ2v) is 1.70. The van der Waals surface area contributed by atoms with Crippen molar-refractivity contribution in [2.24, 2.45) is 0 Å². The topological polar surface area (TPSA) is 39.2 Å². The highest BCUT2D eigenvalue weighted by atomic mass is 16.5. The van der Waals surface area contributed by atoms with Crippen LogP contribution in [0.3, 0.4) is 0 Å². The maximum atomic E-state index is 10.4. The Morgan fingerprint density at radius 1 is 1.80 bits per heavy atom. The normalized spacial score (nSPS) is 8.90. The molecule has 1 aromatic rings. The van der Waals surface area contributed by atoms with Crippen LogP contribution in [0.4, 0.5) is 0 Å². The van der Waals surface area contributed by atoms with Crippen molar-refractivity contribution in [3.8, 4) is 5.75 Å². The molecule has 3 heteroatoms. The van der Waals surface area contributed by atoms with Crippen molar-refractivity contribution in [3.05, 3.63) is 24.5 Å². The average molecular weight is 136 g/mol. The van der Waals surface area contributed by atoms with Crippen molar-refractivity contribution >= 4 is 5.97 Å². The summed E-state index contributed by atoms with van der Waals surface area (Å²) in [6.45, 7) is 1.34. The van der Waals surface area contributed by atoms with Crippen LogP contribution in [0.15, 0.2) is 18.5 Å². The first-order valence-corrected chi connectivity index (χ1v) is 2.79. The molecule has 0 aromatic carbocycles. The number of nitrogens with zero attached hydrogens (tertiary/aromatic N) is 1. The Bertz CT molecular complexity index is 220. The van der Waals surface area contributed by atoms with Gasteiger partial charge in [-0.05, 0) is 6.07 Å². The molecule has 1 aromatic heterocycles. The first-order valence-electron chi connectivity index (χ1n) is 2.79. The summed E-state index contributed by atoms with van der Waals surface area (Å²) in [7, 11) is 0. The van der Waals surface area contributed by atoms with Crippen molar-refractivity contribution in [2.45, 2.75) is 6.92 Å². The minimum atomic E-state index is -0.345. The minimum absolute atomic E-state index is 0.345. The van der Waals surface area contributed by atoms with Gasteiger partial charge in [-0.2, -0.15) is 0 Å². The molecule has 0 saturated carbocycles. The molecule has 0 saturated heterocycles. The van der Waals surface area contributed by atoms with Crippen LogP contribution in [-0.2, 0) is 4.79 Å². The van der Waals surface area contributed by atoms with E-state index in [2.05, 4.69) is 15.8 Å². The Balaban J connectivity index is 2.67. The molecule has 0 aliphatic carbocycles. The van der Waals surface area contributed by atoms with Crippen LogP contribution in [-0.4, -0.2) is 11.0 Å². The number of hydrogen-bond donors (Lipinski definition) is 0. The van der Waals surface area contributed by atoms with Gasteiger partial charge in [0.1, 0.15) is 5.75 Å². The maximum absolute atomic E-state index is 10.4. The summed E-state index contributed by atoms with van der Waals surface area (Å²) in [5.74, 6) is 0.0601. The molecular formula is C7H6NO2. The molecule has 0 amide bonds. The molecule has 0 unspecified atom stereocenters. The molecule has 0 aliphatic heterocycles. The molecule has 1 radical (unpaired) electrons. The first-order chi connectivity index (χ1) is 4.79. The zero-order valence-corrected chi connectivity index (χ0v) is 5.50. The van der Waals surface area contributed by atoms with E-state index in [-0.39, 0.29) is 5.97 Å². The van der Waals surface area contributed by atoms with Gasteiger partial charge in [0, 0.05) is 25.4 Å². The van der Waals surface area contributed by atoms with Gasteiger partial charge < -0.3 is 4.74 Å². The molecule has 0 aliphatic rings. The third-order valence-electron chi connectivity index (χ3n) is 0.847. The van der Waals surface area contributed by atoms with Gasteiger partial charge in [-0.25, -0.2) is 0 Å². The summed E-state index contributed by atoms with van der Waals surface area (Å²) in [6, 6.07) is 4.22. The smallest absolute Gasteiger partial charge is 0.308 e. The zero-order valence-electron chi connectivity index (χ0n) is 5.50. The van der Waals surface area contributed by atoms with Gasteiger partial charge in [-0.1, -0.05) is 0 Å². The molecule has 0 atom stereocenters. The first kappa shape index (κ1) is 6.74. The van der Waals surface area contributed by atoms with E-state index in [0.29, 0.717) is 5.75 Å². The molecule has 3 nitrogen and oxygen atoms in total. The van der Waals surface area contributed by atoms with Crippen LogP contribution in [0.5, 0.6) is 5.75 Å². The van der Waals surface area contributed by atoms with Crippen LogP contribution < -0.4 is 4.74 Å². The van der Waals surface area contributed by atoms with E-state index < -0.39 is 0 Å². The zero-order chi connectivity index (χ0) is 7.40. The Hall–Kier alpha value is -1.38. The van der Waals surface area contributed by atoms with E-state index in [1.165, 1.54) is 19.3 Å². The standard InChI is InChI=1S/C7H6NO2/c1-6(9)10-7-2-4-8-5-3-7/h2,4-5H,1H3. The molecule has 0 spiro atoms. The number of ether oxygens (including phenoxy) is 1. The quantitative estimate of drug-likeness (QED) is 0.536. The molecular weight excluding hydrogens is 130 g/mol. The van der Waals surface area contributed by atoms with E-state index in [0.717, 1.165) is 0 Å². The van der Waals surface area contributed by atoms with E-state index in [9.17, 15) is 4.79 Å². The Morgan fingerprint density at radius 3 is 3.10 bits per heavy atom. The number of pyridine rings is 1. The number of carbonyl (C=O) groups is 1. The van der Waals surface area contributed by atoms with Crippen LogP contribution >= 0.6 is 0 Å². The maximum Gasteiger partial charge on any atom is 0.308 e. The summed E-state index contributed by atoms with van der Waals surface area (Å²) in [5, 5.41) is 0. The molecule has 51 valence electrons. The fourth-order valence-electron chi connectivity index (χ4n) is 0.521. The average Bonchev–Trinajstić information content (AvgIpc) is 1.88. The van der Waals surface area contributed by atoms with E-state index >= 15 is 0 Å². The number of esters is 1. The lowest BCUT2D eigenvalue weighted by Gasteiger charge is -1.96. The van der Waals surface area contributed by atoms with Gasteiger partial charge in [-0.3, -0.25) is 9.78 Å². The second-order valence-electron chi connectivity index (χ2n) is 1.70. The highest BCUT2D eigenvalue weighted by Crippen LogP contribution is 2.04. The number of rotatable bonds is 1. The summed E-state index contributed by atoms with van der Waals surface area (Å²) in [4.78, 5) is 14.1. The van der Waals surface area contributed by atoms with E-state index in [1.807, 2.05) is 0 Å². The van der Waals surface area contributed by atoms with E-state index in [4.69, 9.17) is 0 Å². The monoisotopic (exact) mass is 136 g/mol. The van der Waals surface area contributed by atoms with Crippen LogP contribution in [0.25, 0.3) is 0 Å². The minimum Gasteiger partial charge on any atom is -0.426 e. The summed E-state index contributed by atoms with van der Waals surface area (Å²) in [6.07, 6.45) is 2.98. The van der Waals surface area contributed by atoms with Gasteiger partial charge in [-0.15, -0.1) is 0 Å². The molecule has 1 heterocycles. The molecule has 0 bridgehead atoms. The highest BCUT2D eigenvalue weighted by Gasteiger charge is 1.94. The van der Waals surface area contributed by atoms with Gasteiger partial charge in [0.05, 0.1) is 0 Å². The molecule has 0 fully saturated rings. The van der Waals surface area contributed by atoms with Crippen LogP contribution in [0.1, 0.15) is 6.92 Å². The van der Waals surface area contributed by atoms with Crippen molar-refractivity contribution in [1.82, 2.24) is 4.98 Å². The largest absolute Gasteiger partial charge is 0.426 e. The summed E-state index contributed by atoms with van der Waals surface area (Å²) >= 11 is 0. The molecule has 1 rings (SSSR count). The van der Waals surface area contributed by atoms with Crippen LogP contribution in [0, 0.1) is 6.07 Å². The van der Waals surface area contributed by atoms with Crippen molar-refractivity contribution < 1.29 is 9.53 Å².